The summed E-state index contributed by atoms with van der Waals surface area (Å²) in [4.78, 5) is 20.0. The van der Waals surface area contributed by atoms with Crippen LogP contribution >= 0.6 is 11.8 Å². The van der Waals surface area contributed by atoms with Gasteiger partial charge in [-0.2, -0.15) is 0 Å². The first kappa shape index (κ1) is 24.0. The van der Waals surface area contributed by atoms with Gasteiger partial charge in [-0.1, -0.05) is 60.3 Å². The van der Waals surface area contributed by atoms with Crippen LogP contribution in [0.4, 0.5) is 0 Å². The summed E-state index contributed by atoms with van der Waals surface area (Å²) in [5, 5.41) is 9.80. The summed E-state index contributed by atoms with van der Waals surface area (Å²) in [6, 6.07) is 21.2. The monoisotopic (exact) mass is 490 g/mol. The Morgan fingerprint density at radius 3 is 2.23 bits per heavy atom. The molecule has 2 fully saturated rings. The van der Waals surface area contributed by atoms with Crippen LogP contribution in [-0.2, 0) is 11.3 Å². The van der Waals surface area contributed by atoms with Crippen LogP contribution in [0.5, 0.6) is 0 Å². The van der Waals surface area contributed by atoms with Crippen molar-refractivity contribution in [1.29, 1.82) is 0 Å². The van der Waals surface area contributed by atoms with Gasteiger partial charge in [-0.25, -0.2) is 0 Å². The number of rotatable bonds is 8. The predicted molar refractivity (Wildman–Crippen MR) is 140 cm³/mol. The second-order valence-electron chi connectivity index (χ2n) is 9.35. The van der Waals surface area contributed by atoms with Gasteiger partial charge in [0.1, 0.15) is 0 Å². The summed E-state index contributed by atoms with van der Waals surface area (Å²) in [5.41, 5.74) is 2.37. The largest absolute Gasteiger partial charge is 0.339 e. The van der Waals surface area contributed by atoms with E-state index >= 15 is 0 Å². The number of carbonyl (C=O) groups excluding carboxylic acids is 1. The fraction of sp³-hybridized carbons (Fsp3) is 0.444. The maximum Gasteiger partial charge on any atom is 0.233 e. The van der Waals surface area contributed by atoms with Crippen molar-refractivity contribution in [2.24, 2.45) is 0 Å². The highest BCUT2D eigenvalue weighted by Crippen LogP contribution is 2.25. The first-order valence-electron chi connectivity index (χ1n) is 12.6. The van der Waals surface area contributed by atoms with Crippen molar-refractivity contribution in [2.45, 2.75) is 37.5 Å². The Balaban J connectivity index is 1.20. The molecule has 2 saturated heterocycles. The molecule has 35 heavy (non-hydrogen) atoms. The van der Waals surface area contributed by atoms with Gasteiger partial charge in [-0.15, -0.1) is 10.2 Å². The van der Waals surface area contributed by atoms with Crippen molar-refractivity contribution >= 4 is 17.7 Å². The molecule has 0 saturated carbocycles. The normalized spacial score (nSPS) is 18.1. The number of thioether (sulfide) groups is 1. The quantitative estimate of drug-likeness (QED) is 0.447. The minimum absolute atomic E-state index is 0.172. The van der Waals surface area contributed by atoms with Crippen LogP contribution in [0.25, 0.3) is 5.69 Å². The molecule has 0 N–H and O–H groups in total. The number of aromatic nitrogens is 3. The van der Waals surface area contributed by atoms with Gasteiger partial charge in [-0.3, -0.25) is 19.2 Å². The summed E-state index contributed by atoms with van der Waals surface area (Å²) in [6.45, 7) is 8.58. The molecule has 2 aliphatic rings. The van der Waals surface area contributed by atoms with E-state index in [2.05, 4.69) is 74.0 Å². The van der Waals surface area contributed by atoms with E-state index in [1.165, 1.54) is 30.2 Å². The fourth-order valence-electron chi connectivity index (χ4n) is 4.99. The van der Waals surface area contributed by atoms with Gasteiger partial charge in [0.05, 0.1) is 12.3 Å². The first-order valence-corrected chi connectivity index (χ1v) is 13.6. The van der Waals surface area contributed by atoms with E-state index in [1.54, 1.807) is 0 Å². The fourth-order valence-corrected chi connectivity index (χ4v) is 5.87. The van der Waals surface area contributed by atoms with Crippen molar-refractivity contribution in [3.05, 3.63) is 72.1 Å². The lowest BCUT2D eigenvalue weighted by atomic mass is 10.1. The SMILES string of the molecule is C[C@H](c1ccccc1)N1CCN(C(=O)CSc2nnc(CN3CCCC3)n2-c2ccccc2)CC1. The molecule has 3 aromatic rings. The molecule has 0 radical (unpaired) electrons. The van der Waals surface area contributed by atoms with E-state index < -0.39 is 0 Å². The molecule has 7 nitrogen and oxygen atoms in total. The van der Waals surface area contributed by atoms with Gasteiger partial charge < -0.3 is 4.90 Å². The molecule has 8 heteroatoms. The second kappa shape index (κ2) is 11.4. The summed E-state index contributed by atoms with van der Waals surface area (Å²) in [5.74, 6) is 1.49. The molecule has 1 aromatic heterocycles. The minimum atomic E-state index is 0.172. The number of likely N-dealkylation sites (tertiary alicyclic amines) is 1. The Kier molecular flexibility index (Phi) is 7.81. The summed E-state index contributed by atoms with van der Waals surface area (Å²) < 4.78 is 2.12. The highest BCUT2D eigenvalue weighted by molar-refractivity contribution is 7.99. The first-order chi connectivity index (χ1) is 17.2. The van der Waals surface area contributed by atoms with Crippen molar-refractivity contribution in [3.8, 4) is 5.69 Å². The van der Waals surface area contributed by atoms with E-state index in [0.29, 0.717) is 11.8 Å². The summed E-state index contributed by atoms with van der Waals surface area (Å²) in [7, 11) is 0. The zero-order valence-electron chi connectivity index (χ0n) is 20.4. The Hall–Kier alpha value is -2.68. The third-order valence-corrected chi connectivity index (χ3v) is 8.01. The number of hydrogen-bond donors (Lipinski definition) is 0. The van der Waals surface area contributed by atoms with Crippen LogP contribution in [0.2, 0.25) is 0 Å². The van der Waals surface area contributed by atoms with Crippen molar-refractivity contribution in [3.63, 3.8) is 0 Å². The molecule has 1 amide bonds. The molecule has 5 rings (SSSR count). The molecule has 0 aliphatic carbocycles. The molecule has 0 bridgehead atoms. The molecule has 0 unspecified atom stereocenters. The van der Waals surface area contributed by atoms with Crippen LogP contribution in [0.15, 0.2) is 65.8 Å². The van der Waals surface area contributed by atoms with Crippen molar-refractivity contribution < 1.29 is 4.79 Å². The maximum absolute atomic E-state index is 13.1. The lowest BCUT2D eigenvalue weighted by molar-refractivity contribution is -0.130. The maximum atomic E-state index is 13.1. The average Bonchev–Trinajstić information content (AvgIpc) is 3.58. The zero-order valence-corrected chi connectivity index (χ0v) is 21.2. The van der Waals surface area contributed by atoms with Crippen LogP contribution < -0.4 is 0 Å². The number of piperazine rings is 1. The molecule has 1 atom stereocenters. The molecule has 2 aromatic carbocycles. The van der Waals surface area contributed by atoms with E-state index in [4.69, 9.17) is 0 Å². The van der Waals surface area contributed by atoms with Crippen molar-refractivity contribution in [2.75, 3.05) is 45.0 Å². The van der Waals surface area contributed by atoms with E-state index in [1.807, 2.05) is 23.1 Å². The summed E-state index contributed by atoms with van der Waals surface area (Å²) in [6.07, 6.45) is 2.49. The minimum Gasteiger partial charge on any atom is -0.339 e. The second-order valence-corrected chi connectivity index (χ2v) is 10.3. The number of nitrogens with zero attached hydrogens (tertiary/aromatic N) is 6. The Bertz CT molecular complexity index is 1090. The van der Waals surface area contributed by atoms with Crippen LogP contribution in [0, 0.1) is 0 Å². The lowest BCUT2D eigenvalue weighted by Gasteiger charge is -2.38. The standard InChI is InChI=1S/C27H34N6OS/c1-22(23-10-4-2-5-11-23)31-16-18-32(19-17-31)26(34)21-35-27-29-28-25(20-30-14-8-9-15-30)33(27)24-12-6-3-7-13-24/h2-7,10-13,22H,8-9,14-21H2,1H3/t22-/m1/s1. The predicted octanol–water partition coefficient (Wildman–Crippen LogP) is 3.86. The third kappa shape index (κ3) is 5.77. The van der Waals surface area contributed by atoms with Gasteiger partial charge in [0.15, 0.2) is 11.0 Å². The number of benzene rings is 2. The number of para-hydroxylation sites is 1. The third-order valence-electron chi connectivity index (χ3n) is 7.10. The van der Waals surface area contributed by atoms with Gasteiger partial charge in [0, 0.05) is 37.9 Å². The topological polar surface area (TPSA) is 57.5 Å². The molecule has 3 heterocycles. The van der Waals surface area contributed by atoms with Gasteiger partial charge in [-0.05, 0) is 50.6 Å². The molecule has 0 spiro atoms. The lowest BCUT2D eigenvalue weighted by Crippen LogP contribution is -2.49. The average molecular weight is 491 g/mol. The van der Waals surface area contributed by atoms with Crippen LogP contribution in [-0.4, -0.2) is 80.4 Å². The van der Waals surface area contributed by atoms with Crippen LogP contribution in [0.1, 0.15) is 37.2 Å². The highest BCUT2D eigenvalue weighted by atomic mass is 32.2. The highest BCUT2D eigenvalue weighted by Gasteiger charge is 2.26. The van der Waals surface area contributed by atoms with Gasteiger partial charge >= 0.3 is 0 Å². The Morgan fingerprint density at radius 1 is 0.886 bits per heavy atom. The van der Waals surface area contributed by atoms with E-state index in [-0.39, 0.29) is 5.91 Å². The number of carbonyl (C=O) groups is 1. The van der Waals surface area contributed by atoms with Gasteiger partial charge in [0.2, 0.25) is 5.91 Å². The van der Waals surface area contributed by atoms with Crippen LogP contribution in [0.3, 0.4) is 0 Å². The van der Waals surface area contributed by atoms with E-state index in [9.17, 15) is 4.79 Å². The molecule has 184 valence electrons. The smallest absolute Gasteiger partial charge is 0.233 e. The van der Waals surface area contributed by atoms with Crippen molar-refractivity contribution in [1.82, 2.24) is 29.5 Å². The number of hydrogen-bond acceptors (Lipinski definition) is 6. The Labute approximate surface area is 212 Å². The molecular weight excluding hydrogens is 456 g/mol. The Morgan fingerprint density at radius 2 is 1.54 bits per heavy atom. The zero-order chi connectivity index (χ0) is 24.0. The molecular formula is C27H34N6OS. The molecule has 2 aliphatic heterocycles. The summed E-state index contributed by atoms with van der Waals surface area (Å²) >= 11 is 1.49. The van der Waals surface area contributed by atoms with Gasteiger partial charge in [0.25, 0.3) is 0 Å². The number of amides is 1. The van der Waals surface area contributed by atoms with E-state index in [0.717, 1.165) is 62.5 Å².